The molecule has 15 heteroatoms. The Morgan fingerprint density at radius 1 is 0.816 bits per heavy atom. The Hall–Kier alpha value is -5.15. The van der Waals surface area contributed by atoms with Crippen LogP contribution in [0.1, 0.15) is 76.2 Å². The van der Waals surface area contributed by atoms with Crippen molar-refractivity contribution in [2.24, 2.45) is 5.73 Å². The van der Waals surface area contributed by atoms with Gasteiger partial charge in [-0.25, -0.2) is 18.1 Å². The number of benzene rings is 2. The van der Waals surface area contributed by atoms with Crippen LogP contribution < -0.4 is 31.7 Å². The van der Waals surface area contributed by atoms with Gasteiger partial charge in [0.2, 0.25) is 21.8 Å². The average molecular weight is 691 g/mol. The first kappa shape index (κ1) is 36.7. The summed E-state index contributed by atoms with van der Waals surface area (Å²) in [5, 5.41) is 18.7. The third-order valence-electron chi connectivity index (χ3n) is 7.83. The Morgan fingerprint density at radius 2 is 1.43 bits per heavy atom. The number of nitrogens with two attached hydrogens (primary N) is 1. The van der Waals surface area contributed by atoms with Gasteiger partial charge in [-0.1, -0.05) is 60.7 Å². The second-order valence-corrected chi connectivity index (χ2v) is 13.5. The molecule has 49 heavy (non-hydrogen) atoms. The Kier molecular flexibility index (Phi) is 13.4. The van der Waals surface area contributed by atoms with Crippen LogP contribution in [-0.4, -0.2) is 68.0 Å². The molecular weight excluding hydrogens is 648 g/mol. The molecule has 0 fully saturated rings. The van der Waals surface area contributed by atoms with Crippen molar-refractivity contribution < 1.29 is 27.6 Å². The molecule has 4 amide bonds. The van der Waals surface area contributed by atoms with E-state index < -0.39 is 45.7 Å². The first-order valence-corrected chi connectivity index (χ1v) is 17.7. The SMILES string of the molecule is N=C(N)c1ccc(CNC(=O)[C@@H]2CCCCNC(=O)c3cccc(n3)C(=O)NCCCC[C@@H](NS(=O)(=O)Cc3ccccc3)C(=O)N2)cc1. The smallest absolute Gasteiger partial charge is 0.269 e. The third-order valence-corrected chi connectivity index (χ3v) is 9.18. The number of hydrogen-bond donors (Lipinski definition) is 7. The molecule has 260 valence electrons. The largest absolute Gasteiger partial charge is 0.384 e. The highest BCUT2D eigenvalue weighted by molar-refractivity contribution is 7.88. The van der Waals surface area contributed by atoms with Crippen molar-refractivity contribution in [1.82, 2.24) is 31.0 Å². The van der Waals surface area contributed by atoms with Crippen molar-refractivity contribution in [2.45, 2.75) is 62.9 Å². The summed E-state index contributed by atoms with van der Waals surface area (Å²) < 4.78 is 28.9. The molecule has 1 aliphatic rings. The predicted octanol–water partition coefficient (Wildman–Crippen LogP) is 1.47. The van der Waals surface area contributed by atoms with Crippen molar-refractivity contribution >= 4 is 39.5 Å². The van der Waals surface area contributed by atoms with E-state index in [1.807, 2.05) is 0 Å². The normalized spacial score (nSPS) is 18.4. The molecule has 0 saturated carbocycles. The fourth-order valence-corrected chi connectivity index (χ4v) is 6.54. The number of carbonyl (C=O) groups excluding carboxylic acids is 4. The highest BCUT2D eigenvalue weighted by Crippen LogP contribution is 2.11. The summed E-state index contributed by atoms with van der Waals surface area (Å²) in [6, 6.07) is 17.8. The number of sulfonamides is 1. The Bertz CT molecular complexity index is 1730. The van der Waals surface area contributed by atoms with Crippen LogP contribution in [0.2, 0.25) is 0 Å². The number of hydrogen-bond acceptors (Lipinski definition) is 8. The molecule has 1 aromatic heterocycles. The van der Waals surface area contributed by atoms with E-state index in [4.69, 9.17) is 11.1 Å². The summed E-state index contributed by atoms with van der Waals surface area (Å²) in [5.74, 6) is -2.44. The highest BCUT2D eigenvalue weighted by Gasteiger charge is 2.29. The molecule has 0 radical (unpaired) electrons. The molecule has 1 aliphatic heterocycles. The summed E-state index contributed by atoms with van der Waals surface area (Å²) in [6.45, 7) is 0.620. The maximum absolute atomic E-state index is 13.7. The average Bonchev–Trinajstić information content (AvgIpc) is 3.09. The molecule has 0 unspecified atom stereocenters. The number of aromatic nitrogens is 1. The van der Waals surface area contributed by atoms with Gasteiger partial charge >= 0.3 is 0 Å². The Morgan fingerprint density at radius 3 is 2.04 bits per heavy atom. The van der Waals surface area contributed by atoms with Crippen LogP contribution >= 0.6 is 0 Å². The van der Waals surface area contributed by atoms with Gasteiger partial charge in [0.05, 0.1) is 5.75 Å². The van der Waals surface area contributed by atoms with Gasteiger partial charge in [-0.15, -0.1) is 0 Å². The van der Waals surface area contributed by atoms with E-state index in [0.717, 1.165) is 5.56 Å². The van der Waals surface area contributed by atoms with Crippen LogP contribution in [0, 0.1) is 5.41 Å². The minimum absolute atomic E-state index is 0.0780. The van der Waals surface area contributed by atoms with Crippen LogP contribution in [0.25, 0.3) is 0 Å². The highest BCUT2D eigenvalue weighted by atomic mass is 32.2. The zero-order chi connectivity index (χ0) is 35.2. The summed E-state index contributed by atoms with van der Waals surface area (Å²) in [4.78, 5) is 56.7. The first-order valence-electron chi connectivity index (χ1n) is 16.1. The van der Waals surface area contributed by atoms with Gasteiger partial charge in [-0.3, -0.25) is 24.6 Å². The fraction of sp³-hybridized carbons (Fsp3) is 0.353. The minimum Gasteiger partial charge on any atom is -0.384 e. The molecule has 3 aromatic rings. The molecule has 14 nitrogen and oxygen atoms in total. The molecule has 4 rings (SSSR count). The van der Waals surface area contributed by atoms with E-state index >= 15 is 0 Å². The second-order valence-electron chi connectivity index (χ2n) is 11.7. The molecule has 2 bridgehead atoms. The van der Waals surface area contributed by atoms with E-state index in [1.165, 1.54) is 12.1 Å². The maximum atomic E-state index is 13.7. The maximum Gasteiger partial charge on any atom is 0.269 e. The number of amidine groups is 1. The molecule has 0 spiro atoms. The molecule has 2 atom stereocenters. The number of nitrogen functional groups attached to an aromatic ring is 1. The van der Waals surface area contributed by atoms with Crippen molar-refractivity contribution in [3.63, 3.8) is 0 Å². The zero-order valence-corrected chi connectivity index (χ0v) is 27.9. The molecule has 2 aromatic carbocycles. The molecule has 0 saturated heterocycles. The lowest BCUT2D eigenvalue weighted by Crippen LogP contribution is -2.53. The number of nitrogens with zero attached hydrogens (tertiary/aromatic N) is 1. The lowest BCUT2D eigenvalue weighted by atomic mass is 10.1. The lowest BCUT2D eigenvalue weighted by molar-refractivity contribution is -0.130. The number of fused-ring (bicyclic) bond motifs is 2. The van der Waals surface area contributed by atoms with Crippen LogP contribution in [0.4, 0.5) is 0 Å². The first-order chi connectivity index (χ1) is 23.5. The Balaban J connectivity index is 1.51. The molecular formula is C34H42N8O6S. The van der Waals surface area contributed by atoms with E-state index in [1.54, 1.807) is 60.7 Å². The second kappa shape index (κ2) is 17.8. The summed E-state index contributed by atoms with van der Waals surface area (Å²) in [6.07, 6.45) is 2.01. The summed E-state index contributed by atoms with van der Waals surface area (Å²) in [5.41, 5.74) is 7.55. The van der Waals surface area contributed by atoms with Gasteiger partial charge in [-0.05, 0) is 61.8 Å². The predicted molar refractivity (Wildman–Crippen MR) is 184 cm³/mol. The van der Waals surface area contributed by atoms with Gasteiger partial charge < -0.3 is 27.0 Å². The lowest BCUT2D eigenvalue weighted by Gasteiger charge is -2.23. The number of pyridine rings is 1. The van der Waals surface area contributed by atoms with Gasteiger partial charge in [0.15, 0.2) is 0 Å². The van der Waals surface area contributed by atoms with Crippen molar-refractivity contribution in [2.75, 3.05) is 13.1 Å². The van der Waals surface area contributed by atoms with E-state index in [9.17, 15) is 27.6 Å². The number of nitrogens with one attached hydrogen (secondary N) is 6. The van der Waals surface area contributed by atoms with E-state index in [2.05, 4.69) is 31.0 Å². The van der Waals surface area contributed by atoms with Crippen LogP contribution in [0.3, 0.4) is 0 Å². The van der Waals surface area contributed by atoms with Crippen molar-refractivity contribution in [3.05, 3.63) is 101 Å². The van der Waals surface area contributed by atoms with Gasteiger partial charge in [0, 0.05) is 25.2 Å². The topological polar surface area (TPSA) is 225 Å². The third kappa shape index (κ3) is 11.8. The Labute approximate surface area is 285 Å². The molecule has 0 aliphatic carbocycles. The van der Waals surface area contributed by atoms with E-state index in [-0.39, 0.29) is 55.5 Å². The monoisotopic (exact) mass is 690 g/mol. The van der Waals surface area contributed by atoms with Crippen molar-refractivity contribution in [3.8, 4) is 0 Å². The van der Waals surface area contributed by atoms with Crippen LogP contribution in [-0.2, 0) is 31.9 Å². The quantitative estimate of drug-likeness (QED) is 0.135. The number of carbonyl (C=O) groups is 4. The van der Waals surface area contributed by atoms with Crippen molar-refractivity contribution in [1.29, 1.82) is 5.41 Å². The molecule has 8 N–H and O–H groups in total. The van der Waals surface area contributed by atoms with Crippen LogP contribution in [0.15, 0.2) is 72.8 Å². The van der Waals surface area contributed by atoms with Crippen LogP contribution in [0.5, 0.6) is 0 Å². The van der Waals surface area contributed by atoms with Gasteiger partial charge in [0.1, 0.15) is 29.3 Å². The van der Waals surface area contributed by atoms with Gasteiger partial charge in [-0.2, -0.15) is 0 Å². The zero-order valence-electron chi connectivity index (χ0n) is 27.0. The molecule has 2 heterocycles. The standard InChI is InChI=1S/C34H42N8O6S/c35-30(36)25-17-15-23(16-18-25)21-39-33(45)28-11-4-6-19-37-31(43)26-13-8-14-27(40-26)32(44)38-20-7-5-12-29(34(46)41-28)42-49(47,48)22-24-9-2-1-3-10-24/h1-3,8-10,13-18,28-29,42H,4-7,11-12,19-22H2,(H3,35,36)(H,37,43)(H,38,44)(H,39,45)(H,41,46)/t28-,29+/m0/s1. The van der Waals surface area contributed by atoms with Gasteiger partial charge in [0.25, 0.3) is 11.8 Å². The summed E-state index contributed by atoms with van der Waals surface area (Å²) >= 11 is 0. The minimum atomic E-state index is -3.96. The number of amides is 4. The number of rotatable bonds is 8. The fourth-order valence-electron chi connectivity index (χ4n) is 5.17. The van der Waals surface area contributed by atoms with E-state index in [0.29, 0.717) is 36.8 Å². The summed E-state index contributed by atoms with van der Waals surface area (Å²) in [7, 11) is -3.96.